The van der Waals surface area contributed by atoms with Gasteiger partial charge in [-0.05, 0) is 23.8 Å². The summed E-state index contributed by atoms with van der Waals surface area (Å²) in [6.45, 7) is 1.91. The summed E-state index contributed by atoms with van der Waals surface area (Å²) < 4.78 is 0. The van der Waals surface area contributed by atoms with Crippen molar-refractivity contribution in [3.63, 3.8) is 0 Å². The number of aromatic amines is 1. The number of hydrogen-bond acceptors (Lipinski definition) is 2. The van der Waals surface area contributed by atoms with Gasteiger partial charge in [0.15, 0.2) is 0 Å². The van der Waals surface area contributed by atoms with E-state index in [0.717, 1.165) is 18.8 Å². The van der Waals surface area contributed by atoms with E-state index in [1.165, 1.54) is 22.2 Å². The van der Waals surface area contributed by atoms with Crippen LogP contribution in [0.15, 0.2) is 18.2 Å². The van der Waals surface area contributed by atoms with Gasteiger partial charge in [0, 0.05) is 35.4 Å². The lowest BCUT2D eigenvalue weighted by Gasteiger charge is -1.96. The number of nitrogens with one attached hydrogen (secondary N) is 2. The van der Waals surface area contributed by atoms with Crippen LogP contribution in [0.4, 0.5) is 5.69 Å². The molecule has 0 radical (unpaired) electrons. The maximum absolute atomic E-state index is 5.74. The van der Waals surface area contributed by atoms with Crippen molar-refractivity contribution >= 4 is 16.6 Å². The molecule has 0 saturated carbocycles. The number of rotatable bonds is 0. The molecule has 3 heteroatoms. The van der Waals surface area contributed by atoms with Crippen LogP contribution in [0.25, 0.3) is 10.9 Å². The summed E-state index contributed by atoms with van der Waals surface area (Å²) in [5.41, 5.74) is 10.5. The van der Waals surface area contributed by atoms with Crippen molar-refractivity contribution in [3.05, 3.63) is 29.5 Å². The topological polar surface area (TPSA) is 53.8 Å². The van der Waals surface area contributed by atoms with E-state index >= 15 is 0 Å². The molecule has 1 aliphatic rings. The monoisotopic (exact) mass is 173 g/mol. The molecule has 2 aromatic rings. The van der Waals surface area contributed by atoms with Crippen molar-refractivity contribution in [2.45, 2.75) is 13.1 Å². The summed E-state index contributed by atoms with van der Waals surface area (Å²) in [4.78, 5) is 3.39. The van der Waals surface area contributed by atoms with Crippen molar-refractivity contribution in [2.24, 2.45) is 0 Å². The average Bonchev–Trinajstić information content (AvgIpc) is 2.64. The number of H-pyrrole nitrogens is 1. The van der Waals surface area contributed by atoms with Crippen molar-refractivity contribution < 1.29 is 0 Å². The molecule has 1 aromatic carbocycles. The maximum atomic E-state index is 5.74. The number of nitrogen functional groups attached to an aromatic ring is 1. The molecular formula is C10H11N3. The Labute approximate surface area is 75.9 Å². The van der Waals surface area contributed by atoms with Gasteiger partial charge in [-0.2, -0.15) is 0 Å². The first-order valence-corrected chi connectivity index (χ1v) is 4.44. The Balaban J connectivity index is 2.40. The minimum Gasteiger partial charge on any atom is -0.399 e. The number of hydrogen-bond donors (Lipinski definition) is 3. The fourth-order valence-electron chi connectivity index (χ4n) is 1.99. The number of fused-ring (bicyclic) bond motifs is 3. The van der Waals surface area contributed by atoms with E-state index < -0.39 is 0 Å². The van der Waals surface area contributed by atoms with Gasteiger partial charge in [0.25, 0.3) is 0 Å². The first kappa shape index (κ1) is 6.97. The molecule has 0 fully saturated rings. The van der Waals surface area contributed by atoms with Gasteiger partial charge in [0.05, 0.1) is 0 Å². The molecule has 0 unspecified atom stereocenters. The highest BCUT2D eigenvalue weighted by Gasteiger charge is 2.15. The van der Waals surface area contributed by atoms with E-state index in [1.54, 1.807) is 0 Å². The molecule has 3 nitrogen and oxygen atoms in total. The van der Waals surface area contributed by atoms with Crippen LogP contribution < -0.4 is 11.1 Å². The van der Waals surface area contributed by atoms with E-state index in [1.807, 2.05) is 18.2 Å². The van der Waals surface area contributed by atoms with Crippen molar-refractivity contribution in [1.29, 1.82) is 0 Å². The lowest BCUT2D eigenvalue weighted by Crippen LogP contribution is -2.01. The Morgan fingerprint density at radius 1 is 1.23 bits per heavy atom. The second kappa shape index (κ2) is 2.26. The second-order valence-corrected chi connectivity index (χ2v) is 3.49. The minimum atomic E-state index is 0.834. The summed E-state index contributed by atoms with van der Waals surface area (Å²) in [5.74, 6) is 0. The van der Waals surface area contributed by atoms with Crippen LogP contribution in [0.2, 0.25) is 0 Å². The van der Waals surface area contributed by atoms with Gasteiger partial charge in [0.1, 0.15) is 0 Å². The molecule has 0 saturated heterocycles. The lowest BCUT2D eigenvalue weighted by atomic mass is 10.1. The number of aromatic nitrogens is 1. The molecule has 3 rings (SSSR count). The third-order valence-corrected chi connectivity index (χ3v) is 2.62. The maximum Gasteiger partial charge on any atom is 0.0461 e. The lowest BCUT2D eigenvalue weighted by molar-refractivity contribution is 0.757. The predicted molar refractivity (Wildman–Crippen MR) is 53.3 cm³/mol. The number of benzene rings is 1. The third-order valence-electron chi connectivity index (χ3n) is 2.62. The van der Waals surface area contributed by atoms with E-state index in [0.29, 0.717) is 0 Å². The van der Waals surface area contributed by atoms with Crippen molar-refractivity contribution in [2.75, 3.05) is 5.73 Å². The molecule has 0 bridgehead atoms. The van der Waals surface area contributed by atoms with E-state index in [9.17, 15) is 0 Å². The molecule has 0 atom stereocenters. The zero-order valence-electron chi connectivity index (χ0n) is 7.22. The van der Waals surface area contributed by atoms with Crippen LogP contribution in [0, 0.1) is 0 Å². The summed E-state index contributed by atoms with van der Waals surface area (Å²) >= 11 is 0. The van der Waals surface area contributed by atoms with Gasteiger partial charge in [-0.15, -0.1) is 0 Å². The number of nitrogens with two attached hydrogens (primary N) is 1. The largest absolute Gasteiger partial charge is 0.399 e. The fourth-order valence-corrected chi connectivity index (χ4v) is 1.99. The van der Waals surface area contributed by atoms with Crippen LogP contribution in [-0.4, -0.2) is 4.98 Å². The van der Waals surface area contributed by atoms with Gasteiger partial charge in [-0.25, -0.2) is 0 Å². The Bertz CT molecular complexity index is 470. The highest BCUT2D eigenvalue weighted by atomic mass is 14.9. The van der Waals surface area contributed by atoms with E-state index in [-0.39, 0.29) is 0 Å². The Morgan fingerprint density at radius 3 is 3.08 bits per heavy atom. The van der Waals surface area contributed by atoms with Crippen LogP contribution in [0.3, 0.4) is 0 Å². The molecule has 1 aliphatic heterocycles. The molecule has 1 aromatic heterocycles. The summed E-state index contributed by atoms with van der Waals surface area (Å²) in [6.07, 6.45) is 0. The van der Waals surface area contributed by atoms with Gasteiger partial charge < -0.3 is 16.0 Å². The summed E-state index contributed by atoms with van der Waals surface area (Å²) in [7, 11) is 0. The quantitative estimate of drug-likeness (QED) is 0.527. The third kappa shape index (κ3) is 0.876. The van der Waals surface area contributed by atoms with Gasteiger partial charge in [-0.3, -0.25) is 0 Å². The van der Waals surface area contributed by atoms with Gasteiger partial charge in [0.2, 0.25) is 0 Å². The molecule has 66 valence electrons. The van der Waals surface area contributed by atoms with E-state index in [4.69, 9.17) is 5.73 Å². The standard InChI is InChI=1S/C10H11N3/c11-6-1-2-9-7(3-6)8-4-12-5-10(8)13-9/h1-3,12-13H,4-5,11H2. The summed E-state index contributed by atoms with van der Waals surface area (Å²) in [5, 5.41) is 4.57. The van der Waals surface area contributed by atoms with Crippen molar-refractivity contribution in [3.8, 4) is 0 Å². The Hall–Kier alpha value is -1.48. The van der Waals surface area contributed by atoms with Crippen molar-refractivity contribution in [1.82, 2.24) is 10.3 Å². The minimum absolute atomic E-state index is 0.834. The highest BCUT2D eigenvalue weighted by Crippen LogP contribution is 2.27. The fraction of sp³-hybridized carbons (Fsp3) is 0.200. The SMILES string of the molecule is Nc1ccc2[nH]c3c(c2c1)CNC3. The molecule has 0 spiro atoms. The molecular weight excluding hydrogens is 162 g/mol. The van der Waals surface area contributed by atoms with Crippen LogP contribution in [-0.2, 0) is 13.1 Å². The Kier molecular flexibility index (Phi) is 1.21. The first-order chi connectivity index (χ1) is 6.34. The Morgan fingerprint density at radius 2 is 2.15 bits per heavy atom. The van der Waals surface area contributed by atoms with E-state index in [2.05, 4.69) is 10.3 Å². The van der Waals surface area contributed by atoms with Crippen LogP contribution in [0.5, 0.6) is 0 Å². The molecule has 13 heavy (non-hydrogen) atoms. The average molecular weight is 173 g/mol. The van der Waals surface area contributed by atoms with Crippen LogP contribution in [0.1, 0.15) is 11.3 Å². The molecule has 2 heterocycles. The molecule has 0 aliphatic carbocycles. The second-order valence-electron chi connectivity index (χ2n) is 3.49. The zero-order valence-corrected chi connectivity index (χ0v) is 7.22. The van der Waals surface area contributed by atoms with Crippen LogP contribution >= 0.6 is 0 Å². The molecule has 4 N–H and O–H groups in total. The molecule has 0 amide bonds. The normalized spacial score (nSPS) is 15.1. The smallest absolute Gasteiger partial charge is 0.0461 e. The zero-order chi connectivity index (χ0) is 8.84. The first-order valence-electron chi connectivity index (χ1n) is 4.44. The number of anilines is 1. The summed E-state index contributed by atoms with van der Waals surface area (Å²) in [6, 6.07) is 6.02. The highest BCUT2D eigenvalue weighted by molar-refractivity contribution is 5.87. The van der Waals surface area contributed by atoms with Gasteiger partial charge >= 0.3 is 0 Å². The van der Waals surface area contributed by atoms with Gasteiger partial charge in [-0.1, -0.05) is 0 Å². The predicted octanol–water partition coefficient (Wildman–Crippen LogP) is 1.35.